The minimum absolute atomic E-state index is 0.0388. The third-order valence-corrected chi connectivity index (χ3v) is 12.9. The number of fused-ring (bicyclic) bond motifs is 3. The van der Waals surface area contributed by atoms with Crippen molar-refractivity contribution in [3.05, 3.63) is 155 Å². The number of carbonyl (C=O) groups excluding carboxylic acids is 5. The second-order valence-electron chi connectivity index (χ2n) is 16.5. The Hall–Kier alpha value is -7.23. The highest BCUT2D eigenvalue weighted by atomic mass is 16.6. The smallest absolute Gasteiger partial charge is 0.324 e. The number of benzene rings is 5. The van der Waals surface area contributed by atoms with Gasteiger partial charge in [0.2, 0.25) is 17.7 Å². The Bertz CT molecular complexity index is 2550. The Labute approximate surface area is 370 Å². The Kier molecular flexibility index (Phi) is 11.5. The van der Waals surface area contributed by atoms with E-state index in [4.69, 9.17) is 15.2 Å². The molecule has 0 aromatic heterocycles. The van der Waals surface area contributed by atoms with Gasteiger partial charge in [-0.2, -0.15) is 0 Å². The highest BCUT2D eigenvalue weighted by Crippen LogP contribution is 2.65. The first-order valence-electron chi connectivity index (χ1n) is 21.4. The number of nitrogens with one attached hydrogen (secondary N) is 3. The van der Waals surface area contributed by atoms with Crippen LogP contribution in [0.3, 0.4) is 0 Å². The molecule has 4 aliphatic heterocycles. The minimum atomic E-state index is -1.77. The number of carbonyl (C=O) groups is 5. The fourth-order valence-corrected chi connectivity index (χ4v) is 10.1. The maximum Gasteiger partial charge on any atom is 0.324 e. The lowest BCUT2D eigenvalue weighted by Crippen LogP contribution is -2.53. The normalized spacial score (nSPS) is 23.8. The molecule has 0 unspecified atom stereocenters. The predicted molar refractivity (Wildman–Crippen MR) is 238 cm³/mol. The number of aliphatic hydroxyl groups excluding tert-OH is 1. The molecule has 3 saturated heterocycles. The topological polar surface area (TPSA) is 196 Å². The number of piperazine rings is 1. The predicted octanol–water partition coefficient (Wildman–Crippen LogP) is 4.80. The van der Waals surface area contributed by atoms with Crippen LogP contribution in [0.25, 0.3) is 0 Å². The molecule has 0 bridgehead atoms. The van der Waals surface area contributed by atoms with Gasteiger partial charge in [0.1, 0.15) is 29.9 Å². The summed E-state index contributed by atoms with van der Waals surface area (Å²) in [7, 11) is 0. The SMILES string of the molecule is CC(=O)N1CCN(c2ccc(NC(=O)[C@H]3[C@@H]4C(=O)O[C@@H](c5ccccc5)[C@@H](c5ccccc5)N4[C@@H](c4ccc(OCCO)cc4)[C@]34C(=O)Nc3ccc(CNC(N)=O)cc34)cc2)CC1. The number of cyclic esters (lactones) is 1. The van der Waals surface area contributed by atoms with Gasteiger partial charge in [-0.05, 0) is 70.3 Å². The van der Waals surface area contributed by atoms with Crippen LogP contribution in [-0.4, -0.2) is 90.1 Å². The number of amides is 5. The molecule has 9 rings (SSSR count). The van der Waals surface area contributed by atoms with Gasteiger partial charge in [0.25, 0.3) is 0 Å². The molecule has 64 heavy (non-hydrogen) atoms. The highest BCUT2D eigenvalue weighted by Gasteiger charge is 2.74. The first-order chi connectivity index (χ1) is 31.1. The second-order valence-corrected chi connectivity index (χ2v) is 16.5. The van der Waals surface area contributed by atoms with Crippen molar-refractivity contribution in [2.24, 2.45) is 11.7 Å². The Morgan fingerprint density at radius 2 is 1.50 bits per heavy atom. The second kappa shape index (κ2) is 17.5. The van der Waals surface area contributed by atoms with Crippen LogP contribution in [0.15, 0.2) is 127 Å². The first-order valence-corrected chi connectivity index (χ1v) is 21.4. The Morgan fingerprint density at radius 3 is 2.14 bits per heavy atom. The van der Waals surface area contributed by atoms with E-state index in [0.29, 0.717) is 60.0 Å². The maximum atomic E-state index is 15.6. The molecular formula is C49H49N7O8. The van der Waals surface area contributed by atoms with Crippen molar-refractivity contribution >= 4 is 46.8 Å². The molecule has 4 aliphatic rings. The van der Waals surface area contributed by atoms with E-state index in [1.807, 2.05) is 94.7 Å². The van der Waals surface area contributed by atoms with Crippen LogP contribution in [-0.2, 0) is 35.9 Å². The number of rotatable bonds is 11. The van der Waals surface area contributed by atoms with Gasteiger partial charge in [0.15, 0.2) is 0 Å². The molecule has 15 nitrogen and oxygen atoms in total. The average Bonchev–Trinajstić information content (AvgIpc) is 3.79. The van der Waals surface area contributed by atoms with Crippen molar-refractivity contribution < 1.29 is 38.6 Å². The van der Waals surface area contributed by atoms with Crippen molar-refractivity contribution in [1.82, 2.24) is 15.1 Å². The number of anilines is 3. The summed E-state index contributed by atoms with van der Waals surface area (Å²) in [4.78, 5) is 76.0. The number of hydrogen-bond donors (Lipinski definition) is 5. The monoisotopic (exact) mass is 863 g/mol. The molecule has 15 heteroatoms. The van der Waals surface area contributed by atoms with Crippen LogP contribution in [0.4, 0.5) is 21.9 Å². The van der Waals surface area contributed by atoms with Crippen LogP contribution < -0.4 is 31.3 Å². The summed E-state index contributed by atoms with van der Waals surface area (Å²) < 4.78 is 12.3. The summed E-state index contributed by atoms with van der Waals surface area (Å²) in [5.41, 5.74) is 8.80. The quantitative estimate of drug-likeness (QED) is 0.115. The average molecular weight is 864 g/mol. The number of aliphatic hydroxyl groups is 1. The molecule has 3 fully saturated rings. The van der Waals surface area contributed by atoms with E-state index in [2.05, 4.69) is 20.9 Å². The summed E-state index contributed by atoms with van der Waals surface area (Å²) in [5.74, 6) is -2.59. The number of urea groups is 1. The van der Waals surface area contributed by atoms with E-state index < -0.39 is 59.4 Å². The molecule has 0 saturated carbocycles. The summed E-state index contributed by atoms with van der Waals surface area (Å²) in [6, 6.07) is 35.2. The lowest BCUT2D eigenvalue weighted by atomic mass is 9.65. The number of esters is 1. The van der Waals surface area contributed by atoms with Gasteiger partial charge in [0, 0.05) is 56.7 Å². The molecule has 6 atom stereocenters. The van der Waals surface area contributed by atoms with Crippen molar-refractivity contribution in [2.75, 3.05) is 54.9 Å². The molecule has 6 N–H and O–H groups in total. The molecular weight excluding hydrogens is 815 g/mol. The summed E-state index contributed by atoms with van der Waals surface area (Å²) >= 11 is 0. The summed E-state index contributed by atoms with van der Waals surface area (Å²) in [5, 5.41) is 18.3. The van der Waals surface area contributed by atoms with E-state index in [1.54, 1.807) is 49.4 Å². The molecule has 0 aliphatic carbocycles. The van der Waals surface area contributed by atoms with E-state index in [-0.39, 0.29) is 25.7 Å². The zero-order chi connectivity index (χ0) is 44.5. The first kappa shape index (κ1) is 42.1. The van der Waals surface area contributed by atoms with Gasteiger partial charge in [-0.15, -0.1) is 0 Å². The third kappa shape index (κ3) is 7.56. The number of primary amides is 1. The lowest BCUT2D eigenvalue weighted by Gasteiger charge is -2.46. The fourth-order valence-electron chi connectivity index (χ4n) is 10.1. The van der Waals surface area contributed by atoms with Gasteiger partial charge in [-0.1, -0.05) is 84.9 Å². The third-order valence-electron chi connectivity index (χ3n) is 12.9. The van der Waals surface area contributed by atoms with Gasteiger partial charge in [-0.3, -0.25) is 24.1 Å². The summed E-state index contributed by atoms with van der Waals surface area (Å²) in [6.07, 6.45) is -0.847. The molecule has 1 spiro atoms. The van der Waals surface area contributed by atoms with E-state index in [1.165, 1.54) is 0 Å². The van der Waals surface area contributed by atoms with E-state index in [9.17, 15) is 14.7 Å². The molecule has 328 valence electrons. The highest BCUT2D eigenvalue weighted by molar-refractivity contribution is 6.13. The van der Waals surface area contributed by atoms with Crippen molar-refractivity contribution in [3.63, 3.8) is 0 Å². The van der Waals surface area contributed by atoms with E-state index >= 15 is 14.4 Å². The van der Waals surface area contributed by atoms with Crippen LogP contribution >= 0.6 is 0 Å². The van der Waals surface area contributed by atoms with Crippen molar-refractivity contribution in [2.45, 2.75) is 43.1 Å². The summed E-state index contributed by atoms with van der Waals surface area (Å²) in [6.45, 7) is 4.00. The van der Waals surface area contributed by atoms with Crippen LogP contribution in [0, 0.1) is 5.92 Å². The molecule has 0 radical (unpaired) electrons. The lowest BCUT2D eigenvalue weighted by molar-refractivity contribution is -0.177. The maximum absolute atomic E-state index is 15.6. The largest absolute Gasteiger partial charge is 0.491 e. The number of morpholine rings is 1. The number of hydrogen-bond acceptors (Lipinski definition) is 10. The van der Waals surface area contributed by atoms with Crippen LogP contribution in [0.1, 0.15) is 52.9 Å². The minimum Gasteiger partial charge on any atom is -0.491 e. The molecule has 5 amide bonds. The van der Waals surface area contributed by atoms with E-state index in [0.717, 1.165) is 16.8 Å². The Morgan fingerprint density at radius 1 is 0.828 bits per heavy atom. The molecule has 4 heterocycles. The van der Waals surface area contributed by atoms with Gasteiger partial charge >= 0.3 is 12.0 Å². The molecule has 5 aromatic rings. The Balaban J connectivity index is 1.22. The standard InChI is InChI=1S/C49H49N7O8/c1-30(58)54-22-24-55(25-23-54)36-17-15-35(16-18-36)52-45(59)40-42-46(60)64-43(33-10-6-3-7-11-33)41(32-8-4-2-5-9-32)56(42)44(34-13-19-37(20-14-34)63-27-26-57)49(40)38-28-31(29-51-48(50)62)12-21-39(38)53-47(49)61/h2-21,28,40-44,57H,22-27,29H2,1H3,(H,52,59)(H,53,61)(H3,50,51,62)/t40-,41-,42-,43+,44+,49-/m1/s1. The number of ether oxygens (including phenoxy) is 2. The van der Waals surface area contributed by atoms with Crippen LogP contribution in [0.2, 0.25) is 0 Å². The van der Waals surface area contributed by atoms with Gasteiger partial charge < -0.3 is 46.1 Å². The van der Waals surface area contributed by atoms with Crippen molar-refractivity contribution in [3.8, 4) is 5.75 Å². The van der Waals surface area contributed by atoms with Crippen molar-refractivity contribution in [1.29, 1.82) is 0 Å². The zero-order valence-corrected chi connectivity index (χ0v) is 35.2. The zero-order valence-electron chi connectivity index (χ0n) is 35.2. The number of nitrogens with two attached hydrogens (primary N) is 1. The molecule has 5 aromatic carbocycles. The van der Waals surface area contributed by atoms with Gasteiger partial charge in [-0.25, -0.2) is 4.79 Å². The van der Waals surface area contributed by atoms with Gasteiger partial charge in [0.05, 0.1) is 24.6 Å². The number of nitrogens with zero attached hydrogens (tertiary/aromatic N) is 3. The fraction of sp³-hybridized carbons (Fsp3) is 0.286. The van der Waals surface area contributed by atoms with Crippen LogP contribution in [0.5, 0.6) is 5.75 Å².